The lowest BCUT2D eigenvalue weighted by atomic mass is 10.3. The lowest BCUT2D eigenvalue weighted by Crippen LogP contribution is -2.40. The minimum atomic E-state index is -0.206. The Labute approximate surface area is 105 Å². The fraction of sp³-hybridized carbons (Fsp3) is 0.636. The zero-order valence-electron chi connectivity index (χ0n) is 10.7. The summed E-state index contributed by atoms with van der Waals surface area (Å²) in [5.74, 6) is 0.685. The van der Waals surface area contributed by atoms with Crippen molar-refractivity contribution in [1.82, 2.24) is 9.55 Å². The molecule has 1 atom stereocenters. The standard InChI is InChI=1S/C11H19N5O2/c1-3-4-5-18-7-6-13-9-8(14-7)10(17)16(2)11(12)15-9/h7,13-14H,3-6H2,1-2H3,(H2,12,15). The van der Waals surface area contributed by atoms with Gasteiger partial charge in [-0.25, -0.2) is 0 Å². The van der Waals surface area contributed by atoms with E-state index in [0.717, 1.165) is 12.8 Å². The van der Waals surface area contributed by atoms with Crippen LogP contribution >= 0.6 is 0 Å². The normalized spacial score (nSPS) is 17.8. The van der Waals surface area contributed by atoms with E-state index in [1.54, 1.807) is 7.05 Å². The van der Waals surface area contributed by atoms with Crippen molar-refractivity contribution in [2.75, 3.05) is 29.5 Å². The van der Waals surface area contributed by atoms with Crippen molar-refractivity contribution >= 4 is 17.5 Å². The highest BCUT2D eigenvalue weighted by atomic mass is 16.5. The van der Waals surface area contributed by atoms with Crippen molar-refractivity contribution in [2.45, 2.75) is 26.0 Å². The SMILES string of the molecule is CCCCOC1CNc2nc(N)n(C)c(=O)c2N1. The van der Waals surface area contributed by atoms with Gasteiger partial charge in [0.2, 0.25) is 5.95 Å². The quantitative estimate of drug-likeness (QED) is 0.670. The van der Waals surface area contributed by atoms with E-state index >= 15 is 0 Å². The van der Waals surface area contributed by atoms with E-state index < -0.39 is 0 Å². The zero-order chi connectivity index (χ0) is 13.1. The predicted octanol–water partition coefficient (Wildman–Crippen LogP) is 0.343. The molecule has 7 nitrogen and oxygen atoms in total. The molecule has 1 unspecified atom stereocenters. The number of anilines is 3. The summed E-state index contributed by atoms with van der Waals surface area (Å²) in [5.41, 5.74) is 5.85. The number of ether oxygens (including phenoxy) is 1. The summed E-state index contributed by atoms with van der Waals surface area (Å²) in [6.07, 6.45) is 1.88. The molecule has 18 heavy (non-hydrogen) atoms. The van der Waals surface area contributed by atoms with E-state index in [9.17, 15) is 4.79 Å². The van der Waals surface area contributed by atoms with Gasteiger partial charge in [-0.2, -0.15) is 4.98 Å². The highest BCUT2D eigenvalue weighted by Crippen LogP contribution is 2.20. The van der Waals surface area contributed by atoms with Crippen molar-refractivity contribution in [3.05, 3.63) is 10.4 Å². The summed E-state index contributed by atoms with van der Waals surface area (Å²) < 4.78 is 6.93. The van der Waals surface area contributed by atoms with Gasteiger partial charge in [-0.3, -0.25) is 9.36 Å². The Bertz CT molecular complexity index is 485. The van der Waals surface area contributed by atoms with Gasteiger partial charge in [0.05, 0.1) is 6.54 Å². The average Bonchev–Trinajstić information content (AvgIpc) is 2.37. The number of unbranched alkanes of at least 4 members (excludes halogenated alkanes) is 1. The van der Waals surface area contributed by atoms with E-state index in [1.807, 2.05) is 0 Å². The van der Waals surface area contributed by atoms with E-state index in [-0.39, 0.29) is 17.7 Å². The molecule has 0 radical (unpaired) electrons. The second-order valence-corrected chi connectivity index (χ2v) is 4.30. The van der Waals surface area contributed by atoms with Crippen LogP contribution in [0, 0.1) is 0 Å². The summed E-state index contributed by atoms with van der Waals surface area (Å²) in [6, 6.07) is 0. The number of nitrogens with one attached hydrogen (secondary N) is 2. The molecule has 4 N–H and O–H groups in total. The number of aromatic nitrogens is 2. The first-order valence-electron chi connectivity index (χ1n) is 6.12. The van der Waals surface area contributed by atoms with Crippen LogP contribution in [0.4, 0.5) is 17.5 Å². The Morgan fingerprint density at radius 2 is 2.39 bits per heavy atom. The number of fused-ring (bicyclic) bond motifs is 1. The number of hydrogen-bond acceptors (Lipinski definition) is 6. The Hall–Kier alpha value is -1.76. The van der Waals surface area contributed by atoms with Crippen LogP contribution in [0.1, 0.15) is 19.8 Å². The van der Waals surface area contributed by atoms with Crippen LogP contribution in [0.15, 0.2) is 4.79 Å². The third-order valence-corrected chi connectivity index (χ3v) is 2.90. The van der Waals surface area contributed by atoms with E-state index in [0.29, 0.717) is 24.7 Å². The maximum absolute atomic E-state index is 12.0. The molecule has 1 aromatic heterocycles. The van der Waals surface area contributed by atoms with Crippen molar-refractivity contribution in [2.24, 2.45) is 7.05 Å². The number of nitrogens with two attached hydrogens (primary N) is 1. The Morgan fingerprint density at radius 3 is 3.11 bits per heavy atom. The molecule has 0 amide bonds. The highest BCUT2D eigenvalue weighted by Gasteiger charge is 2.22. The van der Waals surface area contributed by atoms with Crippen LogP contribution in [0.3, 0.4) is 0 Å². The van der Waals surface area contributed by atoms with Crippen molar-refractivity contribution in [3.8, 4) is 0 Å². The topological polar surface area (TPSA) is 94.2 Å². The van der Waals surface area contributed by atoms with Gasteiger partial charge >= 0.3 is 0 Å². The second kappa shape index (κ2) is 5.26. The third kappa shape index (κ3) is 2.40. The van der Waals surface area contributed by atoms with Crippen molar-refractivity contribution < 1.29 is 4.74 Å². The molecule has 100 valence electrons. The minimum absolute atomic E-state index is 0.193. The molecule has 1 aliphatic heterocycles. The Kier molecular flexibility index (Phi) is 3.71. The zero-order valence-corrected chi connectivity index (χ0v) is 10.7. The van der Waals surface area contributed by atoms with Crippen LogP contribution in [0.25, 0.3) is 0 Å². The van der Waals surface area contributed by atoms with Crippen LogP contribution in [0.5, 0.6) is 0 Å². The van der Waals surface area contributed by atoms with E-state index in [1.165, 1.54) is 4.57 Å². The van der Waals surface area contributed by atoms with Crippen LogP contribution in [-0.2, 0) is 11.8 Å². The Morgan fingerprint density at radius 1 is 1.61 bits per heavy atom. The molecule has 7 heteroatoms. The number of nitrogens with zero attached hydrogens (tertiary/aromatic N) is 2. The number of rotatable bonds is 4. The van der Waals surface area contributed by atoms with Gasteiger partial charge in [-0.05, 0) is 6.42 Å². The predicted molar refractivity (Wildman–Crippen MR) is 70.7 cm³/mol. The third-order valence-electron chi connectivity index (χ3n) is 2.90. The first-order chi connectivity index (χ1) is 8.63. The van der Waals surface area contributed by atoms with Gasteiger partial charge in [0.25, 0.3) is 5.56 Å². The number of nitrogen functional groups attached to an aromatic ring is 1. The second-order valence-electron chi connectivity index (χ2n) is 4.30. The molecule has 0 aromatic carbocycles. The molecule has 0 saturated heterocycles. The molecule has 0 bridgehead atoms. The molecule has 0 saturated carbocycles. The lowest BCUT2D eigenvalue weighted by molar-refractivity contribution is 0.0769. The summed E-state index contributed by atoms with van der Waals surface area (Å²) in [4.78, 5) is 16.1. The van der Waals surface area contributed by atoms with Gasteiger partial charge in [-0.15, -0.1) is 0 Å². The van der Waals surface area contributed by atoms with Gasteiger partial charge in [0.1, 0.15) is 11.9 Å². The maximum Gasteiger partial charge on any atom is 0.280 e. The molecular weight excluding hydrogens is 234 g/mol. The fourth-order valence-corrected chi connectivity index (χ4v) is 1.75. The molecule has 0 spiro atoms. The summed E-state index contributed by atoms with van der Waals surface area (Å²) in [7, 11) is 1.59. The van der Waals surface area contributed by atoms with Gasteiger partial charge in [-0.1, -0.05) is 13.3 Å². The molecule has 0 aliphatic carbocycles. The summed E-state index contributed by atoms with van der Waals surface area (Å²) in [5, 5.41) is 6.11. The van der Waals surface area contributed by atoms with Crippen LogP contribution in [0.2, 0.25) is 0 Å². The molecule has 1 aromatic rings. The fourth-order valence-electron chi connectivity index (χ4n) is 1.75. The van der Waals surface area contributed by atoms with Crippen LogP contribution in [-0.4, -0.2) is 28.9 Å². The smallest absolute Gasteiger partial charge is 0.280 e. The Balaban J connectivity index is 2.14. The van der Waals surface area contributed by atoms with Crippen LogP contribution < -0.4 is 21.9 Å². The summed E-state index contributed by atoms with van der Waals surface area (Å²) >= 11 is 0. The molecule has 0 fully saturated rings. The largest absolute Gasteiger partial charge is 0.369 e. The highest BCUT2D eigenvalue weighted by molar-refractivity contribution is 5.67. The molecule has 1 aliphatic rings. The molecule has 2 heterocycles. The van der Waals surface area contributed by atoms with Gasteiger partial charge in [0, 0.05) is 13.7 Å². The minimum Gasteiger partial charge on any atom is -0.369 e. The average molecular weight is 253 g/mol. The van der Waals surface area contributed by atoms with Gasteiger partial charge in [0.15, 0.2) is 5.82 Å². The van der Waals surface area contributed by atoms with Gasteiger partial charge < -0.3 is 21.1 Å². The van der Waals surface area contributed by atoms with E-state index in [4.69, 9.17) is 10.5 Å². The van der Waals surface area contributed by atoms with Crippen molar-refractivity contribution in [1.29, 1.82) is 0 Å². The maximum atomic E-state index is 12.0. The number of hydrogen-bond donors (Lipinski definition) is 3. The lowest BCUT2D eigenvalue weighted by Gasteiger charge is -2.27. The first-order valence-corrected chi connectivity index (χ1v) is 6.12. The molecule has 2 rings (SSSR count). The monoisotopic (exact) mass is 253 g/mol. The summed E-state index contributed by atoms with van der Waals surface area (Å²) in [6.45, 7) is 3.35. The molecular formula is C11H19N5O2. The van der Waals surface area contributed by atoms with E-state index in [2.05, 4.69) is 22.5 Å². The first kappa shape index (κ1) is 12.7. The van der Waals surface area contributed by atoms with Crippen molar-refractivity contribution in [3.63, 3.8) is 0 Å².